The first-order chi connectivity index (χ1) is 6.58. The Morgan fingerprint density at radius 3 is 3.00 bits per heavy atom. The number of nitrogens with two attached hydrogens (primary N) is 1. The summed E-state index contributed by atoms with van der Waals surface area (Å²) in [4.78, 5) is 13.9. The molecular weight excluding hydrogens is 186 g/mol. The highest BCUT2D eigenvalue weighted by Crippen LogP contribution is 2.19. The molecule has 0 radical (unpaired) electrons. The van der Waals surface area contributed by atoms with Crippen molar-refractivity contribution in [2.75, 3.05) is 5.73 Å². The second kappa shape index (κ2) is 2.66. The topological polar surface area (TPSA) is 99.3 Å². The number of nitrogens with zero attached hydrogens (tertiary/aromatic N) is 4. The smallest absolute Gasteiger partial charge is 0.314 e. The van der Waals surface area contributed by atoms with Crippen LogP contribution in [0.5, 0.6) is 0 Å². The number of hydrogen-bond acceptors (Lipinski definition) is 5. The minimum atomic E-state index is -0.504. The van der Waals surface area contributed by atoms with E-state index in [1.165, 1.54) is 10.6 Å². The third-order valence-corrected chi connectivity index (χ3v) is 1.76. The zero-order chi connectivity index (χ0) is 10.3. The van der Waals surface area contributed by atoms with Crippen LogP contribution in [0.1, 0.15) is 5.56 Å². The average molecular weight is 193 g/mol. The van der Waals surface area contributed by atoms with Crippen LogP contribution >= 0.6 is 0 Å². The SMILES string of the molecule is Cc1cc([N+](=O)[O-])c2nc(N)nn2c1. The molecule has 2 heterocycles. The van der Waals surface area contributed by atoms with Crippen molar-refractivity contribution >= 4 is 17.3 Å². The number of nitrogen functional groups attached to an aromatic ring is 1. The number of aryl methyl sites for hydroxylation is 1. The Kier molecular flexibility index (Phi) is 1.60. The molecule has 0 saturated carbocycles. The summed E-state index contributed by atoms with van der Waals surface area (Å²) in [5, 5.41) is 14.5. The van der Waals surface area contributed by atoms with Crippen LogP contribution in [0.3, 0.4) is 0 Å². The predicted octanol–water partition coefficient (Wildman–Crippen LogP) is 0.528. The molecule has 0 saturated heterocycles. The molecule has 0 aliphatic rings. The molecule has 2 N–H and O–H groups in total. The van der Waals surface area contributed by atoms with Gasteiger partial charge in [0, 0.05) is 12.3 Å². The van der Waals surface area contributed by atoms with Crippen LogP contribution in [0.25, 0.3) is 5.65 Å². The molecule has 0 spiro atoms. The van der Waals surface area contributed by atoms with Crippen molar-refractivity contribution in [1.29, 1.82) is 0 Å². The van der Waals surface area contributed by atoms with Gasteiger partial charge in [-0.15, -0.1) is 5.10 Å². The zero-order valence-corrected chi connectivity index (χ0v) is 7.34. The molecule has 2 aromatic heterocycles. The van der Waals surface area contributed by atoms with Crippen LogP contribution in [0, 0.1) is 17.0 Å². The van der Waals surface area contributed by atoms with Crippen molar-refractivity contribution < 1.29 is 4.92 Å². The molecule has 0 aliphatic carbocycles. The molecule has 14 heavy (non-hydrogen) atoms. The minimum Gasteiger partial charge on any atom is -0.366 e. The second-order valence-corrected chi connectivity index (χ2v) is 2.90. The van der Waals surface area contributed by atoms with Crippen molar-refractivity contribution in [1.82, 2.24) is 14.6 Å². The van der Waals surface area contributed by atoms with Crippen LogP contribution in [0.4, 0.5) is 11.6 Å². The Labute approximate surface area is 78.3 Å². The van der Waals surface area contributed by atoms with Crippen molar-refractivity contribution in [3.8, 4) is 0 Å². The van der Waals surface area contributed by atoms with E-state index in [0.29, 0.717) is 0 Å². The number of hydrogen-bond donors (Lipinski definition) is 1. The van der Waals surface area contributed by atoms with Crippen molar-refractivity contribution in [2.45, 2.75) is 6.92 Å². The molecular formula is C7H7N5O2. The number of rotatable bonds is 1. The molecule has 0 bridgehead atoms. The zero-order valence-electron chi connectivity index (χ0n) is 7.34. The van der Waals surface area contributed by atoms with E-state index in [0.717, 1.165) is 5.56 Å². The van der Waals surface area contributed by atoms with E-state index < -0.39 is 4.92 Å². The maximum atomic E-state index is 10.7. The summed E-state index contributed by atoms with van der Waals surface area (Å²) in [5.74, 6) is 0.0266. The first kappa shape index (κ1) is 8.42. The van der Waals surface area contributed by atoms with Gasteiger partial charge in [-0.3, -0.25) is 10.1 Å². The lowest BCUT2D eigenvalue weighted by Gasteiger charge is -1.95. The van der Waals surface area contributed by atoms with Gasteiger partial charge in [0.1, 0.15) is 0 Å². The van der Waals surface area contributed by atoms with Gasteiger partial charge >= 0.3 is 5.69 Å². The summed E-state index contributed by atoms with van der Waals surface area (Å²) in [6, 6.07) is 1.43. The highest BCUT2D eigenvalue weighted by atomic mass is 16.6. The van der Waals surface area contributed by atoms with E-state index >= 15 is 0 Å². The Balaban J connectivity index is 2.85. The monoisotopic (exact) mass is 193 g/mol. The summed E-state index contributed by atoms with van der Waals surface area (Å²) in [6.45, 7) is 1.74. The van der Waals surface area contributed by atoms with Crippen molar-refractivity contribution in [2.24, 2.45) is 0 Å². The van der Waals surface area contributed by atoms with Crippen molar-refractivity contribution in [3.05, 3.63) is 27.9 Å². The van der Waals surface area contributed by atoms with Gasteiger partial charge in [-0.2, -0.15) is 4.98 Å². The fourth-order valence-electron chi connectivity index (χ4n) is 1.25. The number of fused-ring (bicyclic) bond motifs is 1. The lowest BCUT2D eigenvalue weighted by Crippen LogP contribution is -1.96. The average Bonchev–Trinajstić information content (AvgIpc) is 2.42. The first-order valence-electron chi connectivity index (χ1n) is 3.85. The molecule has 7 nitrogen and oxygen atoms in total. The molecule has 2 rings (SSSR count). The summed E-state index contributed by atoms with van der Waals surface area (Å²) < 4.78 is 1.31. The number of nitro groups is 1. The first-order valence-corrected chi connectivity index (χ1v) is 3.85. The van der Waals surface area contributed by atoms with E-state index in [-0.39, 0.29) is 17.3 Å². The van der Waals surface area contributed by atoms with E-state index in [1.807, 2.05) is 0 Å². The van der Waals surface area contributed by atoms with Crippen LogP contribution in [0.15, 0.2) is 12.3 Å². The second-order valence-electron chi connectivity index (χ2n) is 2.90. The third-order valence-electron chi connectivity index (χ3n) is 1.76. The highest BCUT2D eigenvalue weighted by molar-refractivity contribution is 5.61. The fraction of sp³-hybridized carbons (Fsp3) is 0.143. The van der Waals surface area contributed by atoms with Gasteiger partial charge < -0.3 is 5.73 Å². The maximum Gasteiger partial charge on any atom is 0.314 e. The molecule has 0 aromatic carbocycles. The minimum absolute atomic E-state index is 0.0266. The number of pyridine rings is 1. The Bertz CT molecular complexity index is 518. The highest BCUT2D eigenvalue weighted by Gasteiger charge is 2.16. The largest absolute Gasteiger partial charge is 0.366 e. The summed E-state index contributed by atoms with van der Waals surface area (Å²) in [6.07, 6.45) is 1.63. The van der Waals surface area contributed by atoms with Crippen LogP contribution < -0.4 is 5.73 Å². The fourth-order valence-corrected chi connectivity index (χ4v) is 1.25. The Morgan fingerprint density at radius 2 is 2.36 bits per heavy atom. The molecule has 0 unspecified atom stereocenters. The number of anilines is 1. The summed E-state index contributed by atoms with van der Waals surface area (Å²) >= 11 is 0. The summed E-state index contributed by atoms with van der Waals surface area (Å²) in [7, 11) is 0. The number of aromatic nitrogens is 3. The van der Waals surface area contributed by atoms with Gasteiger partial charge in [0.15, 0.2) is 0 Å². The molecule has 0 amide bonds. The van der Waals surface area contributed by atoms with E-state index in [2.05, 4.69) is 10.1 Å². The van der Waals surface area contributed by atoms with Gasteiger partial charge in [-0.05, 0) is 12.5 Å². The molecule has 7 heteroatoms. The standard InChI is InChI=1S/C7H7N5O2/c1-4-2-5(12(13)14)6-9-7(8)10-11(6)3-4/h2-3H,1H3,(H2,8,10). The quantitative estimate of drug-likeness (QED) is 0.526. The van der Waals surface area contributed by atoms with Crippen LogP contribution in [-0.4, -0.2) is 19.5 Å². The lowest BCUT2D eigenvalue weighted by atomic mass is 10.3. The van der Waals surface area contributed by atoms with E-state index in [9.17, 15) is 10.1 Å². The predicted molar refractivity (Wildman–Crippen MR) is 48.8 cm³/mol. The Hall–Kier alpha value is -2.18. The lowest BCUT2D eigenvalue weighted by molar-refractivity contribution is -0.383. The van der Waals surface area contributed by atoms with Gasteiger partial charge in [0.2, 0.25) is 11.6 Å². The van der Waals surface area contributed by atoms with Crippen molar-refractivity contribution in [3.63, 3.8) is 0 Å². The molecule has 0 atom stereocenters. The normalized spacial score (nSPS) is 10.6. The third kappa shape index (κ3) is 1.15. The van der Waals surface area contributed by atoms with Gasteiger partial charge in [0.25, 0.3) is 0 Å². The van der Waals surface area contributed by atoms with Gasteiger partial charge in [0.05, 0.1) is 4.92 Å². The van der Waals surface area contributed by atoms with E-state index in [4.69, 9.17) is 5.73 Å². The molecule has 2 aromatic rings. The van der Waals surface area contributed by atoms with Gasteiger partial charge in [-0.1, -0.05) is 0 Å². The van der Waals surface area contributed by atoms with Crippen LogP contribution in [0.2, 0.25) is 0 Å². The van der Waals surface area contributed by atoms with Gasteiger partial charge in [-0.25, -0.2) is 4.52 Å². The maximum absolute atomic E-state index is 10.7. The van der Waals surface area contributed by atoms with E-state index in [1.54, 1.807) is 13.1 Å². The molecule has 72 valence electrons. The summed E-state index contributed by atoms with van der Waals surface area (Å²) in [5.41, 5.74) is 6.15. The molecule has 0 fully saturated rings. The molecule has 0 aliphatic heterocycles. The van der Waals surface area contributed by atoms with Crippen LogP contribution in [-0.2, 0) is 0 Å². The Morgan fingerprint density at radius 1 is 1.64 bits per heavy atom.